The van der Waals surface area contributed by atoms with Gasteiger partial charge in [0.05, 0.1) is 23.1 Å². The first-order chi connectivity index (χ1) is 16.7. The molecule has 2 aromatic carbocycles. The van der Waals surface area contributed by atoms with Crippen molar-refractivity contribution in [3.63, 3.8) is 0 Å². The molecule has 7 heteroatoms. The standard InChI is InChI=1S/C27H23ClFN5/c28-20-6-7-23(29)22(16-20)26-27(34-12-2-1-4-25(34)32-26)18-5-8-24-19(14-18)15-21(17-31-24)33-11-3-9-30-10-13-33/h1-2,4-8,12,14-17,30H,3,9-11,13H2. The van der Waals surface area contributed by atoms with Gasteiger partial charge < -0.3 is 10.2 Å². The molecule has 6 rings (SSSR count). The Labute approximate surface area is 201 Å². The first-order valence-corrected chi connectivity index (χ1v) is 11.8. The van der Waals surface area contributed by atoms with Crippen molar-refractivity contribution in [3.05, 3.63) is 83.9 Å². The largest absolute Gasteiger partial charge is 0.369 e. The Morgan fingerprint density at radius 1 is 0.971 bits per heavy atom. The molecule has 1 aliphatic rings. The summed E-state index contributed by atoms with van der Waals surface area (Å²) in [6, 6.07) is 18.7. The summed E-state index contributed by atoms with van der Waals surface area (Å²) in [7, 11) is 0. The summed E-state index contributed by atoms with van der Waals surface area (Å²) in [6.07, 6.45) is 5.01. The maximum atomic E-state index is 14.9. The zero-order valence-corrected chi connectivity index (χ0v) is 19.3. The van der Waals surface area contributed by atoms with E-state index < -0.39 is 0 Å². The lowest BCUT2D eigenvalue weighted by atomic mass is 10.0. The molecule has 1 aliphatic heterocycles. The van der Waals surface area contributed by atoms with Crippen LogP contribution in [-0.2, 0) is 0 Å². The van der Waals surface area contributed by atoms with Gasteiger partial charge in [0.15, 0.2) is 0 Å². The molecule has 0 aliphatic carbocycles. The monoisotopic (exact) mass is 471 g/mol. The number of fused-ring (bicyclic) bond motifs is 2. The van der Waals surface area contributed by atoms with Crippen LogP contribution in [0.25, 0.3) is 39.1 Å². The quantitative estimate of drug-likeness (QED) is 0.361. The van der Waals surface area contributed by atoms with Gasteiger partial charge >= 0.3 is 0 Å². The highest BCUT2D eigenvalue weighted by molar-refractivity contribution is 6.30. The third kappa shape index (κ3) is 3.79. The lowest BCUT2D eigenvalue weighted by molar-refractivity contribution is 0.631. The highest BCUT2D eigenvalue weighted by Gasteiger charge is 2.20. The van der Waals surface area contributed by atoms with Crippen LogP contribution in [0.4, 0.5) is 10.1 Å². The normalized spacial score (nSPS) is 14.6. The molecule has 1 saturated heterocycles. The number of rotatable bonds is 3. The highest BCUT2D eigenvalue weighted by atomic mass is 35.5. The summed E-state index contributed by atoms with van der Waals surface area (Å²) in [5.41, 5.74) is 5.50. The van der Waals surface area contributed by atoms with Gasteiger partial charge in [-0.25, -0.2) is 9.37 Å². The van der Waals surface area contributed by atoms with Gasteiger partial charge in [0, 0.05) is 47.4 Å². The van der Waals surface area contributed by atoms with Gasteiger partial charge in [0.25, 0.3) is 0 Å². The number of hydrogen-bond donors (Lipinski definition) is 1. The molecule has 1 fully saturated rings. The first-order valence-electron chi connectivity index (χ1n) is 11.5. The second-order valence-corrected chi connectivity index (χ2v) is 8.99. The van der Waals surface area contributed by atoms with Crippen molar-refractivity contribution in [3.8, 4) is 22.5 Å². The highest BCUT2D eigenvalue weighted by Crippen LogP contribution is 2.36. The molecule has 3 aromatic heterocycles. The van der Waals surface area contributed by atoms with Crippen molar-refractivity contribution in [1.82, 2.24) is 19.7 Å². The van der Waals surface area contributed by atoms with E-state index in [-0.39, 0.29) is 5.82 Å². The predicted octanol–water partition coefficient (Wildman–Crippen LogP) is 5.81. The fraction of sp³-hybridized carbons (Fsp3) is 0.185. The van der Waals surface area contributed by atoms with Crippen LogP contribution >= 0.6 is 11.6 Å². The van der Waals surface area contributed by atoms with E-state index in [0.717, 1.165) is 66.1 Å². The maximum Gasteiger partial charge on any atom is 0.137 e. The van der Waals surface area contributed by atoms with Gasteiger partial charge in [0.1, 0.15) is 17.2 Å². The van der Waals surface area contributed by atoms with Crippen molar-refractivity contribution >= 4 is 33.8 Å². The number of nitrogens with zero attached hydrogens (tertiary/aromatic N) is 4. The lowest BCUT2D eigenvalue weighted by Crippen LogP contribution is -2.27. The third-order valence-corrected chi connectivity index (χ3v) is 6.59. The van der Waals surface area contributed by atoms with Crippen LogP contribution in [0.1, 0.15) is 6.42 Å². The average Bonchev–Trinajstić information content (AvgIpc) is 3.03. The molecule has 170 valence electrons. The lowest BCUT2D eigenvalue weighted by Gasteiger charge is -2.22. The van der Waals surface area contributed by atoms with Gasteiger partial charge in [-0.15, -0.1) is 0 Å². The van der Waals surface area contributed by atoms with Crippen molar-refractivity contribution in [2.24, 2.45) is 0 Å². The summed E-state index contributed by atoms with van der Waals surface area (Å²) < 4.78 is 16.9. The Kier molecular flexibility index (Phi) is 5.40. The molecule has 0 atom stereocenters. The van der Waals surface area contributed by atoms with E-state index in [0.29, 0.717) is 16.3 Å². The second-order valence-electron chi connectivity index (χ2n) is 8.55. The number of benzene rings is 2. The van der Waals surface area contributed by atoms with E-state index in [1.807, 2.05) is 47.1 Å². The number of pyridine rings is 2. The van der Waals surface area contributed by atoms with Crippen LogP contribution in [0.5, 0.6) is 0 Å². The number of anilines is 1. The molecule has 0 unspecified atom stereocenters. The van der Waals surface area contributed by atoms with Gasteiger partial charge in [-0.3, -0.25) is 9.38 Å². The topological polar surface area (TPSA) is 45.5 Å². The van der Waals surface area contributed by atoms with Crippen molar-refractivity contribution in [2.75, 3.05) is 31.1 Å². The molecule has 1 N–H and O–H groups in total. The third-order valence-electron chi connectivity index (χ3n) is 6.36. The van der Waals surface area contributed by atoms with Crippen LogP contribution in [0.3, 0.4) is 0 Å². The van der Waals surface area contributed by atoms with Crippen LogP contribution in [0, 0.1) is 5.82 Å². The number of hydrogen-bond acceptors (Lipinski definition) is 4. The van der Waals surface area contributed by atoms with Crippen LogP contribution in [0.2, 0.25) is 5.02 Å². The van der Waals surface area contributed by atoms with Crippen molar-refractivity contribution in [1.29, 1.82) is 0 Å². The molecular weight excluding hydrogens is 449 g/mol. The van der Waals surface area contributed by atoms with Gasteiger partial charge in [-0.05, 0) is 61.5 Å². The fourth-order valence-electron chi connectivity index (χ4n) is 4.68. The Bertz CT molecular complexity index is 1500. The first kappa shape index (κ1) is 21.1. The van der Waals surface area contributed by atoms with E-state index in [4.69, 9.17) is 21.6 Å². The molecule has 4 heterocycles. The molecule has 0 amide bonds. The molecule has 0 saturated carbocycles. The summed E-state index contributed by atoms with van der Waals surface area (Å²) in [5.74, 6) is -0.353. The summed E-state index contributed by atoms with van der Waals surface area (Å²) in [5, 5.41) is 4.96. The summed E-state index contributed by atoms with van der Waals surface area (Å²) >= 11 is 6.23. The number of nitrogens with one attached hydrogen (secondary N) is 1. The maximum absolute atomic E-state index is 14.9. The van der Waals surface area contributed by atoms with E-state index in [2.05, 4.69) is 22.3 Å². The molecule has 34 heavy (non-hydrogen) atoms. The molecular formula is C27H23ClFN5. The van der Waals surface area contributed by atoms with E-state index in [9.17, 15) is 4.39 Å². The smallest absolute Gasteiger partial charge is 0.137 e. The molecule has 5 nitrogen and oxygen atoms in total. The van der Waals surface area contributed by atoms with Crippen LogP contribution in [-0.4, -0.2) is 40.5 Å². The zero-order chi connectivity index (χ0) is 23.1. The van der Waals surface area contributed by atoms with Crippen molar-refractivity contribution < 1.29 is 4.39 Å². The van der Waals surface area contributed by atoms with Crippen molar-refractivity contribution in [2.45, 2.75) is 6.42 Å². The molecule has 0 bridgehead atoms. The predicted molar refractivity (Wildman–Crippen MR) is 136 cm³/mol. The Morgan fingerprint density at radius 2 is 1.91 bits per heavy atom. The zero-order valence-electron chi connectivity index (χ0n) is 18.5. The molecule has 5 aromatic rings. The Morgan fingerprint density at radius 3 is 2.85 bits per heavy atom. The van der Waals surface area contributed by atoms with Crippen LogP contribution in [0.15, 0.2) is 73.1 Å². The molecule has 0 spiro atoms. The van der Waals surface area contributed by atoms with Gasteiger partial charge in [0.2, 0.25) is 0 Å². The minimum Gasteiger partial charge on any atom is -0.369 e. The van der Waals surface area contributed by atoms with Gasteiger partial charge in [-0.1, -0.05) is 23.7 Å². The summed E-state index contributed by atoms with van der Waals surface area (Å²) in [4.78, 5) is 11.9. The number of aromatic nitrogens is 3. The van der Waals surface area contributed by atoms with E-state index >= 15 is 0 Å². The average molecular weight is 472 g/mol. The fourth-order valence-corrected chi connectivity index (χ4v) is 4.85. The minimum absolute atomic E-state index is 0.353. The van der Waals surface area contributed by atoms with Gasteiger partial charge in [-0.2, -0.15) is 0 Å². The number of imidazole rings is 1. The minimum atomic E-state index is -0.353. The van der Waals surface area contributed by atoms with E-state index in [1.54, 1.807) is 12.1 Å². The molecule has 0 radical (unpaired) electrons. The Hall–Kier alpha value is -3.48. The number of halogens is 2. The van der Waals surface area contributed by atoms with Crippen LogP contribution < -0.4 is 10.2 Å². The second kappa shape index (κ2) is 8.70. The van der Waals surface area contributed by atoms with E-state index in [1.165, 1.54) is 6.07 Å². The summed E-state index contributed by atoms with van der Waals surface area (Å²) in [6.45, 7) is 3.97. The SMILES string of the molecule is Fc1ccc(Cl)cc1-c1nc2ccccn2c1-c1ccc2ncc(N3CCCNCC3)cc2c1. The Balaban J connectivity index is 1.53.